The molecule has 0 aromatic heterocycles. The molecule has 1 saturated heterocycles. The molecule has 0 N–H and O–H groups in total. The maximum Gasteiger partial charge on any atom is 0.404 e. The zero-order valence-electron chi connectivity index (χ0n) is 13.8. The molecule has 0 saturated carbocycles. The van der Waals surface area contributed by atoms with Crippen LogP contribution in [0.25, 0.3) is 0 Å². The Kier molecular flexibility index (Phi) is 6.65. The van der Waals surface area contributed by atoms with Crippen molar-refractivity contribution < 1.29 is 28.5 Å². The molecular formula is C15H25ClO6. The van der Waals surface area contributed by atoms with Gasteiger partial charge in [0.15, 0.2) is 5.79 Å². The summed E-state index contributed by atoms with van der Waals surface area (Å²) in [4.78, 5) is 23.1. The van der Waals surface area contributed by atoms with Crippen LogP contribution in [-0.4, -0.2) is 42.6 Å². The standard InChI is InChI=1S/C15H25ClO6/c1-6-10(21-13(16)18)7-14(2,3)12(17)19-8-11-9-20-15(4,5)22-11/h10-11H,6-9H2,1-5H3. The van der Waals surface area contributed by atoms with Crippen LogP contribution in [-0.2, 0) is 23.7 Å². The monoisotopic (exact) mass is 336 g/mol. The Morgan fingerprint density at radius 3 is 2.50 bits per heavy atom. The molecule has 128 valence electrons. The molecule has 2 unspecified atom stereocenters. The average molecular weight is 337 g/mol. The van der Waals surface area contributed by atoms with Crippen molar-refractivity contribution in [1.82, 2.24) is 0 Å². The van der Waals surface area contributed by atoms with Gasteiger partial charge in [-0.1, -0.05) is 6.92 Å². The van der Waals surface area contributed by atoms with Crippen molar-refractivity contribution in [2.24, 2.45) is 5.41 Å². The van der Waals surface area contributed by atoms with Gasteiger partial charge in [-0.05, 0) is 40.5 Å². The minimum atomic E-state index is -0.866. The number of hydrogen-bond donors (Lipinski definition) is 0. The van der Waals surface area contributed by atoms with Crippen molar-refractivity contribution in [2.45, 2.75) is 65.5 Å². The van der Waals surface area contributed by atoms with Gasteiger partial charge >= 0.3 is 11.4 Å². The molecule has 0 spiro atoms. The van der Waals surface area contributed by atoms with Crippen LogP contribution in [0.5, 0.6) is 0 Å². The van der Waals surface area contributed by atoms with Gasteiger partial charge in [0.1, 0.15) is 18.8 Å². The summed E-state index contributed by atoms with van der Waals surface area (Å²) in [6, 6.07) is 0. The molecule has 2 atom stereocenters. The Morgan fingerprint density at radius 1 is 1.41 bits per heavy atom. The minimum Gasteiger partial charge on any atom is -0.462 e. The van der Waals surface area contributed by atoms with Crippen molar-refractivity contribution >= 4 is 23.0 Å². The number of carbonyl (C=O) groups is 2. The Bertz CT molecular complexity index is 407. The van der Waals surface area contributed by atoms with Crippen LogP contribution in [0, 0.1) is 5.41 Å². The van der Waals surface area contributed by atoms with Gasteiger partial charge in [-0.15, -0.1) is 0 Å². The maximum atomic E-state index is 12.2. The highest BCUT2D eigenvalue weighted by Crippen LogP contribution is 2.28. The first-order valence-electron chi connectivity index (χ1n) is 7.41. The van der Waals surface area contributed by atoms with E-state index in [-0.39, 0.29) is 18.7 Å². The van der Waals surface area contributed by atoms with E-state index in [1.54, 1.807) is 13.8 Å². The van der Waals surface area contributed by atoms with E-state index in [4.69, 9.17) is 30.5 Å². The van der Waals surface area contributed by atoms with Crippen molar-refractivity contribution in [3.63, 3.8) is 0 Å². The number of halogens is 1. The lowest BCUT2D eigenvalue weighted by atomic mass is 9.86. The lowest BCUT2D eigenvalue weighted by molar-refractivity contribution is -0.166. The quantitative estimate of drug-likeness (QED) is 0.525. The molecule has 1 heterocycles. The van der Waals surface area contributed by atoms with Gasteiger partial charge in [-0.25, -0.2) is 4.79 Å². The van der Waals surface area contributed by atoms with Gasteiger partial charge in [0.2, 0.25) is 0 Å². The first kappa shape index (κ1) is 19.2. The van der Waals surface area contributed by atoms with E-state index in [2.05, 4.69) is 0 Å². The van der Waals surface area contributed by atoms with Gasteiger partial charge in [-0.2, -0.15) is 0 Å². The highest BCUT2D eigenvalue weighted by Gasteiger charge is 2.36. The molecule has 1 rings (SSSR count). The summed E-state index contributed by atoms with van der Waals surface area (Å²) in [6.45, 7) is 9.50. The first-order valence-corrected chi connectivity index (χ1v) is 7.78. The Hall–Kier alpha value is -0.850. The zero-order chi connectivity index (χ0) is 17.0. The van der Waals surface area contributed by atoms with Crippen LogP contribution >= 0.6 is 11.6 Å². The second-order valence-corrected chi connectivity index (χ2v) is 6.83. The number of esters is 1. The highest BCUT2D eigenvalue weighted by molar-refractivity contribution is 6.61. The second kappa shape index (κ2) is 7.62. The summed E-state index contributed by atoms with van der Waals surface area (Å²) in [5.41, 5.74) is -1.66. The third-order valence-corrected chi connectivity index (χ3v) is 3.56. The summed E-state index contributed by atoms with van der Waals surface area (Å²) in [6.07, 6.45) is 0.229. The largest absolute Gasteiger partial charge is 0.462 e. The van der Waals surface area contributed by atoms with Crippen LogP contribution in [0.3, 0.4) is 0 Å². The molecule has 1 fully saturated rings. The first-order chi connectivity index (χ1) is 10.1. The summed E-state index contributed by atoms with van der Waals surface area (Å²) in [5.74, 6) is -1.01. The van der Waals surface area contributed by atoms with Gasteiger partial charge in [-0.3, -0.25) is 4.79 Å². The Labute approximate surface area is 136 Å². The SMILES string of the molecule is CCC(CC(C)(C)C(=O)OCC1COC(C)(C)O1)OC(=O)Cl. The van der Waals surface area contributed by atoms with Crippen molar-refractivity contribution in [1.29, 1.82) is 0 Å². The third kappa shape index (κ3) is 6.10. The van der Waals surface area contributed by atoms with Crippen LogP contribution in [0.4, 0.5) is 4.79 Å². The fourth-order valence-electron chi connectivity index (χ4n) is 2.26. The van der Waals surface area contributed by atoms with Crippen LogP contribution in [0.1, 0.15) is 47.5 Å². The molecule has 1 aliphatic heterocycles. The van der Waals surface area contributed by atoms with E-state index >= 15 is 0 Å². The molecule has 0 aromatic carbocycles. The summed E-state index contributed by atoms with van der Waals surface area (Å²) < 4.78 is 21.3. The van der Waals surface area contributed by atoms with Gasteiger partial charge in [0.25, 0.3) is 0 Å². The van der Waals surface area contributed by atoms with E-state index in [1.807, 2.05) is 20.8 Å². The molecule has 7 heteroatoms. The fraction of sp³-hybridized carbons (Fsp3) is 0.867. The number of rotatable bonds is 7. The average Bonchev–Trinajstić information content (AvgIpc) is 2.73. The maximum absolute atomic E-state index is 12.2. The van der Waals surface area contributed by atoms with Gasteiger partial charge < -0.3 is 18.9 Å². The van der Waals surface area contributed by atoms with Crippen molar-refractivity contribution in [2.75, 3.05) is 13.2 Å². The minimum absolute atomic E-state index is 0.137. The predicted octanol–water partition coefficient (Wildman–Crippen LogP) is 3.25. The Morgan fingerprint density at radius 2 is 2.05 bits per heavy atom. The van der Waals surface area contributed by atoms with E-state index in [1.165, 1.54) is 0 Å². The van der Waals surface area contributed by atoms with Crippen LogP contribution < -0.4 is 0 Å². The molecule has 22 heavy (non-hydrogen) atoms. The second-order valence-electron chi connectivity index (χ2n) is 6.52. The molecule has 0 aliphatic carbocycles. The van der Waals surface area contributed by atoms with Gasteiger partial charge in [0.05, 0.1) is 12.0 Å². The van der Waals surface area contributed by atoms with E-state index in [0.29, 0.717) is 19.4 Å². The van der Waals surface area contributed by atoms with Crippen molar-refractivity contribution in [3.8, 4) is 0 Å². The van der Waals surface area contributed by atoms with Crippen LogP contribution in [0.2, 0.25) is 0 Å². The predicted molar refractivity (Wildman–Crippen MR) is 80.7 cm³/mol. The smallest absolute Gasteiger partial charge is 0.404 e. The summed E-state index contributed by atoms with van der Waals surface area (Å²) in [5, 5.41) is 0. The zero-order valence-corrected chi connectivity index (χ0v) is 14.6. The fourth-order valence-corrected chi connectivity index (χ4v) is 2.39. The Balaban J connectivity index is 2.46. The van der Waals surface area contributed by atoms with E-state index < -0.39 is 22.7 Å². The topological polar surface area (TPSA) is 71.1 Å². The summed E-state index contributed by atoms with van der Waals surface area (Å²) >= 11 is 5.23. The van der Waals surface area contributed by atoms with E-state index in [9.17, 15) is 9.59 Å². The molecule has 1 aliphatic rings. The molecule has 0 bridgehead atoms. The summed E-state index contributed by atoms with van der Waals surface area (Å²) in [7, 11) is 0. The number of ether oxygens (including phenoxy) is 4. The molecular weight excluding hydrogens is 312 g/mol. The lowest BCUT2D eigenvalue weighted by Gasteiger charge is -2.27. The highest BCUT2D eigenvalue weighted by atomic mass is 35.5. The number of carbonyl (C=O) groups excluding carboxylic acids is 2. The molecule has 6 nitrogen and oxygen atoms in total. The van der Waals surface area contributed by atoms with E-state index in [0.717, 1.165) is 0 Å². The third-order valence-electron chi connectivity index (χ3n) is 3.47. The van der Waals surface area contributed by atoms with Crippen LogP contribution in [0.15, 0.2) is 0 Å². The lowest BCUT2D eigenvalue weighted by Crippen LogP contribution is -2.34. The molecule has 0 radical (unpaired) electrons. The number of hydrogen-bond acceptors (Lipinski definition) is 6. The molecule has 0 amide bonds. The van der Waals surface area contributed by atoms with Gasteiger partial charge in [0, 0.05) is 11.6 Å². The normalized spacial score (nSPS) is 22.2. The van der Waals surface area contributed by atoms with Crippen molar-refractivity contribution in [3.05, 3.63) is 0 Å². The molecule has 0 aromatic rings.